The van der Waals surface area contributed by atoms with Gasteiger partial charge in [0.1, 0.15) is 11.9 Å². The van der Waals surface area contributed by atoms with E-state index in [2.05, 4.69) is 44.2 Å². The average Bonchev–Trinajstić information content (AvgIpc) is 3.25. The van der Waals surface area contributed by atoms with E-state index in [4.69, 9.17) is 4.74 Å². The van der Waals surface area contributed by atoms with E-state index in [0.29, 0.717) is 6.54 Å². The lowest BCUT2D eigenvalue weighted by molar-refractivity contribution is 0.241. The van der Waals surface area contributed by atoms with Gasteiger partial charge in [0.25, 0.3) is 0 Å². The highest BCUT2D eigenvalue weighted by Gasteiger charge is 2.21. The van der Waals surface area contributed by atoms with Crippen LogP contribution < -0.4 is 15.4 Å². The zero-order chi connectivity index (χ0) is 16.6. The minimum Gasteiger partial charge on any atom is -0.488 e. The summed E-state index contributed by atoms with van der Waals surface area (Å²) in [6.45, 7) is 5.40. The third-order valence-electron chi connectivity index (χ3n) is 3.96. The third kappa shape index (κ3) is 4.50. The molecular formula is C18H25N5O. The largest absolute Gasteiger partial charge is 0.488 e. The Morgan fingerprint density at radius 3 is 3.08 bits per heavy atom. The molecule has 0 radical (unpaired) electrons. The summed E-state index contributed by atoms with van der Waals surface area (Å²) in [5, 5.41) is 6.66. The second kappa shape index (κ2) is 8.38. The number of nitrogens with one attached hydrogen (secondary N) is 2. The summed E-state index contributed by atoms with van der Waals surface area (Å²) in [5.74, 6) is 1.85. The minimum atomic E-state index is 0.129. The molecule has 0 saturated heterocycles. The Labute approximate surface area is 143 Å². The standard InChI is InChI=1S/C18H25N5O/c1-2-20-18(21-8-5-10-23-11-9-19-14-23)22-13-16-12-15-6-3-4-7-17(15)24-16/h3-4,6-7,9,11,14,16H,2,5,8,10,12-13H2,1H3,(H2,20,21,22). The van der Waals surface area contributed by atoms with Crippen molar-refractivity contribution >= 4 is 5.96 Å². The highest BCUT2D eigenvalue weighted by Crippen LogP contribution is 2.28. The highest BCUT2D eigenvalue weighted by molar-refractivity contribution is 5.79. The molecule has 1 aromatic heterocycles. The molecule has 6 heteroatoms. The SMILES string of the molecule is CCNC(=NCC1Cc2ccccc2O1)NCCCn1ccnc1. The Hall–Kier alpha value is -2.50. The smallest absolute Gasteiger partial charge is 0.191 e. The molecule has 2 heterocycles. The number of rotatable bonds is 7. The molecule has 0 saturated carbocycles. The van der Waals surface area contributed by atoms with Crippen molar-refractivity contribution in [3.63, 3.8) is 0 Å². The first kappa shape index (κ1) is 16.4. The molecule has 1 atom stereocenters. The van der Waals surface area contributed by atoms with Gasteiger partial charge in [-0.25, -0.2) is 9.98 Å². The quantitative estimate of drug-likeness (QED) is 0.463. The summed E-state index contributed by atoms with van der Waals surface area (Å²) >= 11 is 0. The van der Waals surface area contributed by atoms with Gasteiger partial charge in [0.05, 0.1) is 12.9 Å². The molecule has 2 N–H and O–H groups in total. The van der Waals surface area contributed by atoms with Gasteiger partial charge < -0.3 is 19.9 Å². The number of hydrogen-bond acceptors (Lipinski definition) is 3. The van der Waals surface area contributed by atoms with Crippen LogP contribution in [0, 0.1) is 0 Å². The highest BCUT2D eigenvalue weighted by atomic mass is 16.5. The second-order valence-corrected chi connectivity index (χ2v) is 5.85. The molecule has 1 aliphatic rings. The van der Waals surface area contributed by atoms with E-state index in [9.17, 15) is 0 Å². The van der Waals surface area contributed by atoms with Gasteiger partial charge in [0.2, 0.25) is 0 Å². The molecule has 0 spiro atoms. The van der Waals surface area contributed by atoms with Crippen molar-refractivity contribution in [3.05, 3.63) is 48.5 Å². The molecule has 0 fully saturated rings. The van der Waals surface area contributed by atoms with E-state index >= 15 is 0 Å². The maximum absolute atomic E-state index is 5.94. The predicted octanol–water partition coefficient (Wildman–Crippen LogP) is 1.83. The number of benzene rings is 1. The van der Waals surface area contributed by atoms with E-state index in [0.717, 1.165) is 44.2 Å². The Morgan fingerprint density at radius 1 is 1.38 bits per heavy atom. The van der Waals surface area contributed by atoms with Crippen LogP contribution >= 0.6 is 0 Å². The fraction of sp³-hybridized carbons (Fsp3) is 0.444. The predicted molar refractivity (Wildman–Crippen MR) is 95.4 cm³/mol. The van der Waals surface area contributed by atoms with Crippen LogP contribution in [-0.4, -0.2) is 41.2 Å². The molecular weight excluding hydrogens is 302 g/mol. The molecule has 3 rings (SSSR count). The van der Waals surface area contributed by atoms with Crippen LogP contribution in [0.2, 0.25) is 0 Å². The first-order valence-corrected chi connectivity index (χ1v) is 8.57. The lowest BCUT2D eigenvalue weighted by Gasteiger charge is -2.13. The molecule has 128 valence electrons. The van der Waals surface area contributed by atoms with Crippen LogP contribution in [0.1, 0.15) is 18.9 Å². The van der Waals surface area contributed by atoms with Gasteiger partial charge in [-0.05, 0) is 25.0 Å². The second-order valence-electron chi connectivity index (χ2n) is 5.85. The molecule has 0 aliphatic carbocycles. The number of hydrogen-bond donors (Lipinski definition) is 2. The molecule has 6 nitrogen and oxygen atoms in total. The maximum Gasteiger partial charge on any atom is 0.191 e. The average molecular weight is 327 g/mol. The number of fused-ring (bicyclic) bond motifs is 1. The van der Waals surface area contributed by atoms with E-state index < -0.39 is 0 Å². The number of imidazole rings is 1. The van der Waals surface area contributed by atoms with Crippen molar-refractivity contribution in [2.24, 2.45) is 4.99 Å². The van der Waals surface area contributed by atoms with Crippen molar-refractivity contribution in [2.75, 3.05) is 19.6 Å². The van der Waals surface area contributed by atoms with Crippen molar-refractivity contribution in [1.29, 1.82) is 0 Å². The van der Waals surface area contributed by atoms with E-state index in [-0.39, 0.29) is 6.10 Å². The summed E-state index contributed by atoms with van der Waals surface area (Å²) in [4.78, 5) is 8.71. The number of ether oxygens (including phenoxy) is 1. The molecule has 0 amide bonds. The summed E-state index contributed by atoms with van der Waals surface area (Å²) in [5.41, 5.74) is 1.27. The zero-order valence-corrected chi connectivity index (χ0v) is 14.1. The van der Waals surface area contributed by atoms with Crippen LogP contribution in [0.5, 0.6) is 5.75 Å². The molecule has 0 bridgehead atoms. The molecule has 1 unspecified atom stereocenters. The van der Waals surface area contributed by atoms with Crippen molar-refractivity contribution in [3.8, 4) is 5.75 Å². The number of nitrogens with zero attached hydrogens (tertiary/aromatic N) is 3. The fourth-order valence-corrected chi connectivity index (χ4v) is 2.78. The Bertz CT molecular complexity index is 628. The Balaban J connectivity index is 1.44. The fourth-order valence-electron chi connectivity index (χ4n) is 2.78. The molecule has 2 aromatic rings. The maximum atomic E-state index is 5.94. The van der Waals surface area contributed by atoms with Crippen LogP contribution in [0.15, 0.2) is 48.0 Å². The van der Waals surface area contributed by atoms with Gasteiger partial charge in [-0.1, -0.05) is 18.2 Å². The molecule has 24 heavy (non-hydrogen) atoms. The van der Waals surface area contributed by atoms with Gasteiger partial charge in [-0.3, -0.25) is 0 Å². The summed E-state index contributed by atoms with van der Waals surface area (Å²) in [6.07, 6.45) is 7.71. The Morgan fingerprint density at radius 2 is 2.29 bits per heavy atom. The first-order valence-electron chi connectivity index (χ1n) is 8.57. The number of aryl methyl sites for hydroxylation is 1. The van der Waals surface area contributed by atoms with Crippen LogP contribution in [-0.2, 0) is 13.0 Å². The minimum absolute atomic E-state index is 0.129. The van der Waals surface area contributed by atoms with Crippen molar-refractivity contribution < 1.29 is 4.74 Å². The molecule has 1 aromatic carbocycles. The third-order valence-corrected chi connectivity index (χ3v) is 3.96. The van der Waals surface area contributed by atoms with Crippen LogP contribution in [0.3, 0.4) is 0 Å². The topological polar surface area (TPSA) is 63.5 Å². The lowest BCUT2D eigenvalue weighted by atomic mass is 10.1. The van der Waals surface area contributed by atoms with E-state index in [1.54, 1.807) is 6.20 Å². The monoisotopic (exact) mass is 327 g/mol. The zero-order valence-electron chi connectivity index (χ0n) is 14.1. The summed E-state index contributed by atoms with van der Waals surface area (Å²) < 4.78 is 8.02. The number of aliphatic imine (C=N–C) groups is 1. The van der Waals surface area contributed by atoms with Gasteiger partial charge in [-0.15, -0.1) is 0 Å². The van der Waals surface area contributed by atoms with E-state index in [1.807, 2.05) is 24.7 Å². The number of aromatic nitrogens is 2. The number of guanidine groups is 1. The normalized spacial score (nSPS) is 16.5. The molecule has 1 aliphatic heterocycles. The summed E-state index contributed by atoms with van der Waals surface area (Å²) in [6, 6.07) is 8.22. The van der Waals surface area contributed by atoms with Gasteiger partial charge >= 0.3 is 0 Å². The van der Waals surface area contributed by atoms with Crippen LogP contribution in [0.25, 0.3) is 0 Å². The number of para-hydroxylation sites is 1. The summed E-state index contributed by atoms with van der Waals surface area (Å²) in [7, 11) is 0. The first-order chi connectivity index (χ1) is 11.8. The van der Waals surface area contributed by atoms with Gasteiger partial charge in [0.15, 0.2) is 5.96 Å². The van der Waals surface area contributed by atoms with Crippen LogP contribution in [0.4, 0.5) is 0 Å². The van der Waals surface area contributed by atoms with Crippen molar-refractivity contribution in [1.82, 2.24) is 20.2 Å². The van der Waals surface area contributed by atoms with Gasteiger partial charge in [-0.2, -0.15) is 0 Å². The Kier molecular flexibility index (Phi) is 5.71. The van der Waals surface area contributed by atoms with Gasteiger partial charge in [0, 0.05) is 38.4 Å². The lowest BCUT2D eigenvalue weighted by Crippen LogP contribution is -2.38. The van der Waals surface area contributed by atoms with E-state index in [1.165, 1.54) is 5.56 Å². The van der Waals surface area contributed by atoms with Crippen molar-refractivity contribution in [2.45, 2.75) is 32.4 Å².